The molecule has 1 atom stereocenters. The van der Waals surface area contributed by atoms with Gasteiger partial charge in [-0.1, -0.05) is 12.1 Å². The van der Waals surface area contributed by atoms with Crippen molar-refractivity contribution in [3.8, 4) is 11.1 Å². The van der Waals surface area contributed by atoms with Crippen LogP contribution in [-0.4, -0.2) is 29.9 Å². The molecule has 0 bridgehead atoms. The second-order valence-corrected chi connectivity index (χ2v) is 6.64. The number of carbonyl (C=O) groups excluding carboxylic acids is 1. The SMILES string of the molecule is Cc1sc(C(=O)N2CC[C@@H](N)C2)cc1-c1ccc(F)cc1. The number of hydrogen-bond acceptors (Lipinski definition) is 3. The number of nitrogens with zero attached hydrogens (tertiary/aromatic N) is 1. The summed E-state index contributed by atoms with van der Waals surface area (Å²) in [5, 5.41) is 0. The first-order valence-electron chi connectivity index (χ1n) is 6.96. The normalized spacial score (nSPS) is 18.2. The van der Waals surface area contributed by atoms with E-state index in [4.69, 9.17) is 5.73 Å². The van der Waals surface area contributed by atoms with Gasteiger partial charge in [-0.25, -0.2) is 4.39 Å². The summed E-state index contributed by atoms with van der Waals surface area (Å²) >= 11 is 1.48. The van der Waals surface area contributed by atoms with E-state index < -0.39 is 0 Å². The Hall–Kier alpha value is -1.72. The second-order valence-electron chi connectivity index (χ2n) is 5.39. The number of amides is 1. The van der Waals surface area contributed by atoms with E-state index in [0.717, 1.165) is 33.8 Å². The predicted octanol–water partition coefficient (Wildman–Crippen LogP) is 3.04. The van der Waals surface area contributed by atoms with Crippen LogP contribution in [0.3, 0.4) is 0 Å². The molecule has 0 radical (unpaired) electrons. The Labute approximate surface area is 127 Å². The topological polar surface area (TPSA) is 46.3 Å². The van der Waals surface area contributed by atoms with Crippen LogP contribution in [0.1, 0.15) is 21.0 Å². The van der Waals surface area contributed by atoms with E-state index in [1.54, 1.807) is 12.1 Å². The molecule has 2 heterocycles. The number of nitrogens with two attached hydrogens (primary N) is 1. The Kier molecular flexibility index (Phi) is 3.78. The van der Waals surface area contributed by atoms with Crippen molar-refractivity contribution >= 4 is 17.2 Å². The zero-order valence-corrected chi connectivity index (χ0v) is 12.6. The van der Waals surface area contributed by atoms with Gasteiger partial charge in [0.15, 0.2) is 0 Å². The number of thiophene rings is 1. The average Bonchev–Trinajstić information content (AvgIpc) is 3.05. The number of halogens is 1. The summed E-state index contributed by atoms with van der Waals surface area (Å²) in [6.45, 7) is 3.33. The van der Waals surface area contributed by atoms with Gasteiger partial charge < -0.3 is 10.6 Å². The molecule has 0 saturated carbocycles. The van der Waals surface area contributed by atoms with Crippen LogP contribution in [0.5, 0.6) is 0 Å². The first kappa shape index (κ1) is 14.2. The van der Waals surface area contributed by atoms with Gasteiger partial charge in [0.1, 0.15) is 5.82 Å². The lowest BCUT2D eigenvalue weighted by Gasteiger charge is -2.14. The van der Waals surface area contributed by atoms with Gasteiger partial charge in [-0.15, -0.1) is 11.3 Å². The van der Waals surface area contributed by atoms with Gasteiger partial charge >= 0.3 is 0 Å². The summed E-state index contributed by atoms with van der Waals surface area (Å²) in [5.41, 5.74) is 7.78. The van der Waals surface area contributed by atoms with Crippen LogP contribution >= 0.6 is 11.3 Å². The van der Waals surface area contributed by atoms with E-state index in [2.05, 4.69) is 0 Å². The molecule has 0 unspecified atom stereocenters. The van der Waals surface area contributed by atoms with Gasteiger partial charge in [-0.2, -0.15) is 0 Å². The van der Waals surface area contributed by atoms with Crippen molar-refractivity contribution in [1.29, 1.82) is 0 Å². The Morgan fingerprint density at radius 1 is 1.38 bits per heavy atom. The molecule has 2 aromatic rings. The molecule has 3 nitrogen and oxygen atoms in total. The fraction of sp³-hybridized carbons (Fsp3) is 0.312. The van der Waals surface area contributed by atoms with Crippen molar-refractivity contribution in [2.24, 2.45) is 5.73 Å². The summed E-state index contributed by atoms with van der Waals surface area (Å²) in [7, 11) is 0. The Morgan fingerprint density at radius 3 is 2.71 bits per heavy atom. The fourth-order valence-electron chi connectivity index (χ4n) is 2.63. The third kappa shape index (κ3) is 2.84. The number of hydrogen-bond donors (Lipinski definition) is 1. The van der Waals surface area contributed by atoms with Gasteiger partial charge in [-0.3, -0.25) is 4.79 Å². The molecule has 1 amide bonds. The number of likely N-dealkylation sites (tertiary alicyclic amines) is 1. The Bertz CT molecular complexity index is 665. The van der Waals surface area contributed by atoms with Crippen molar-refractivity contribution in [2.45, 2.75) is 19.4 Å². The van der Waals surface area contributed by atoms with Crippen LogP contribution in [0.2, 0.25) is 0 Å². The van der Waals surface area contributed by atoms with E-state index >= 15 is 0 Å². The predicted molar refractivity (Wildman–Crippen MR) is 82.9 cm³/mol. The minimum atomic E-state index is -0.256. The number of benzene rings is 1. The fourth-order valence-corrected chi connectivity index (χ4v) is 3.64. The molecule has 2 N–H and O–H groups in total. The second kappa shape index (κ2) is 5.58. The van der Waals surface area contributed by atoms with E-state index in [0.29, 0.717) is 6.54 Å². The number of aryl methyl sites for hydroxylation is 1. The number of carbonyl (C=O) groups is 1. The largest absolute Gasteiger partial charge is 0.336 e. The van der Waals surface area contributed by atoms with Gasteiger partial charge in [0.2, 0.25) is 0 Å². The molecular weight excluding hydrogens is 287 g/mol. The van der Waals surface area contributed by atoms with Crippen LogP contribution in [0.25, 0.3) is 11.1 Å². The molecular formula is C16H17FN2OS. The third-order valence-electron chi connectivity index (χ3n) is 3.80. The summed E-state index contributed by atoms with van der Waals surface area (Å²) in [4.78, 5) is 16.1. The third-order valence-corrected chi connectivity index (χ3v) is 4.83. The molecule has 0 aliphatic carbocycles. The lowest BCUT2D eigenvalue weighted by Crippen LogP contribution is -2.31. The van der Waals surface area contributed by atoms with Gasteiger partial charge in [0.05, 0.1) is 4.88 Å². The van der Waals surface area contributed by atoms with Crippen LogP contribution in [0, 0.1) is 12.7 Å². The summed E-state index contributed by atoms with van der Waals surface area (Å²) < 4.78 is 13.0. The molecule has 110 valence electrons. The average molecular weight is 304 g/mol. The maximum absolute atomic E-state index is 13.0. The molecule has 1 aromatic carbocycles. The lowest BCUT2D eigenvalue weighted by molar-refractivity contribution is 0.0795. The van der Waals surface area contributed by atoms with Crippen LogP contribution in [0.4, 0.5) is 4.39 Å². The molecule has 3 rings (SSSR count). The standard InChI is InChI=1S/C16H17FN2OS/c1-10-14(11-2-4-12(17)5-3-11)8-15(21-10)16(20)19-7-6-13(18)9-19/h2-5,8,13H,6-7,9,18H2,1H3/t13-/m1/s1. The first-order valence-corrected chi connectivity index (χ1v) is 7.77. The molecule has 1 aliphatic heterocycles. The van der Waals surface area contributed by atoms with Crippen LogP contribution in [-0.2, 0) is 0 Å². The molecule has 1 fully saturated rings. The van der Waals surface area contributed by atoms with Crippen molar-refractivity contribution in [1.82, 2.24) is 4.90 Å². The summed E-state index contributed by atoms with van der Waals surface area (Å²) in [6.07, 6.45) is 0.862. The smallest absolute Gasteiger partial charge is 0.264 e. The van der Waals surface area contributed by atoms with E-state index in [1.807, 2.05) is 17.9 Å². The first-order chi connectivity index (χ1) is 10.0. The van der Waals surface area contributed by atoms with E-state index in [9.17, 15) is 9.18 Å². The van der Waals surface area contributed by atoms with E-state index in [-0.39, 0.29) is 17.8 Å². The minimum absolute atomic E-state index is 0.0458. The molecule has 0 spiro atoms. The molecule has 1 aliphatic rings. The van der Waals surface area contributed by atoms with Gasteiger partial charge in [0, 0.05) is 24.0 Å². The molecule has 21 heavy (non-hydrogen) atoms. The highest BCUT2D eigenvalue weighted by Gasteiger charge is 2.26. The molecule has 1 aromatic heterocycles. The Morgan fingerprint density at radius 2 is 2.10 bits per heavy atom. The lowest BCUT2D eigenvalue weighted by atomic mass is 10.1. The highest BCUT2D eigenvalue weighted by molar-refractivity contribution is 7.14. The summed E-state index contributed by atoms with van der Waals surface area (Å²) in [5.74, 6) is -0.210. The van der Waals surface area contributed by atoms with Crippen LogP contribution in [0.15, 0.2) is 30.3 Å². The highest BCUT2D eigenvalue weighted by atomic mass is 32.1. The van der Waals surface area contributed by atoms with Gasteiger partial charge in [-0.05, 0) is 42.7 Å². The monoisotopic (exact) mass is 304 g/mol. The Balaban J connectivity index is 1.87. The summed E-state index contributed by atoms with van der Waals surface area (Å²) in [6, 6.07) is 8.35. The maximum Gasteiger partial charge on any atom is 0.264 e. The van der Waals surface area contributed by atoms with E-state index in [1.165, 1.54) is 23.5 Å². The quantitative estimate of drug-likeness (QED) is 0.927. The molecule has 1 saturated heterocycles. The minimum Gasteiger partial charge on any atom is -0.336 e. The number of rotatable bonds is 2. The van der Waals surface area contributed by atoms with Crippen LogP contribution < -0.4 is 5.73 Å². The van der Waals surface area contributed by atoms with Crippen molar-refractivity contribution in [2.75, 3.05) is 13.1 Å². The van der Waals surface area contributed by atoms with Crippen molar-refractivity contribution in [3.63, 3.8) is 0 Å². The zero-order valence-electron chi connectivity index (χ0n) is 11.8. The van der Waals surface area contributed by atoms with Crippen molar-refractivity contribution in [3.05, 3.63) is 45.9 Å². The zero-order chi connectivity index (χ0) is 15.0. The van der Waals surface area contributed by atoms with Gasteiger partial charge in [0.25, 0.3) is 5.91 Å². The highest BCUT2D eigenvalue weighted by Crippen LogP contribution is 2.32. The van der Waals surface area contributed by atoms with Crippen molar-refractivity contribution < 1.29 is 9.18 Å². The maximum atomic E-state index is 13.0. The molecule has 5 heteroatoms.